The standard InChI is InChI=1S/C17H33N5O5S/c1-10(2)7-12(17(26)27)22-16(25)13(9-28)21-14(23)8-20-15(24)11(19)5-3-4-6-18/h10-13,28H,3-9,18-19H2,1-2H3,(H,20,24)(H,21,23)(H,22,25)(H,26,27). The molecular weight excluding hydrogens is 386 g/mol. The SMILES string of the molecule is CC(C)CC(NC(=O)C(CS)NC(=O)CNC(=O)C(N)CCCCN)C(=O)O. The Bertz CT molecular complexity index is 532. The van der Waals surface area contributed by atoms with Gasteiger partial charge in [-0.1, -0.05) is 20.3 Å². The molecule has 0 heterocycles. The predicted molar refractivity (Wildman–Crippen MR) is 109 cm³/mol. The lowest BCUT2D eigenvalue weighted by molar-refractivity contribution is -0.142. The summed E-state index contributed by atoms with van der Waals surface area (Å²) in [5.74, 6) is -2.84. The summed E-state index contributed by atoms with van der Waals surface area (Å²) in [6.45, 7) is 3.84. The van der Waals surface area contributed by atoms with Crippen LogP contribution in [0.3, 0.4) is 0 Å². The van der Waals surface area contributed by atoms with E-state index in [2.05, 4.69) is 28.6 Å². The van der Waals surface area contributed by atoms with Gasteiger partial charge >= 0.3 is 5.97 Å². The van der Waals surface area contributed by atoms with Gasteiger partial charge in [0.25, 0.3) is 0 Å². The molecule has 0 aromatic heterocycles. The fourth-order valence-electron chi connectivity index (χ4n) is 2.34. The van der Waals surface area contributed by atoms with Crippen molar-refractivity contribution in [2.75, 3.05) is 18.8 Å². The molecule has 28 heavy (non-hydrogen) atoms. The number of carboxylic acid groups (broad SMARTS) is 1. The van der Waals surface area contributed by atoms with E-state index in [1.807, 2.05) is 13.8 Å². The van der Waals surface area contributed by atoms with Gasteiger partial charge in [-0.2, -0.15) is 12.6 Å². The molecule has 162 valence electrons. The van der Waals surface area contributed by atoms with Crippen LogP contribution in [0.15, 0.2) is 0 Å². The van der Waals surface area contributed by atoms with Crippen molar-refractivity contribution >= 4 is 36.3 Å². The van der Waals surface area contributed by atoms with Crippen molar-refractivity contribution in [3.05, 3.63) is 0 Å². The third-order valence-corrected chi connectivity index (χ3v) is 4.25. The molecule has 0 aliphatic heterocycles. The summed E-state index contributed by atoms with van der Waals surface area (Å²) >= 11 is 4.02. The molecular formula is C17H33N5O5S. The van der Waals surface area contributed by atoms with Gasteiger partial charge in [-0.05, 0) is 31.7 Å². The molecule has 0 aromatic carbocycles. The summed E-state index contributed by atoms with van der Waals surface area (Å²) in [5.41, 5.74) is 11.1. The lowest BCUT2D eigenvalue weighted by Crippen LogP contribution is -2.54. The first-order valence-electron chi connectivity index (χ1n) is 9.29. The van der Waals surface area contributed by atoms with Crippen molar-refractivity contribution in [1.82, 2.24) is 16.0 Å². The van der Waals surface area contributed by atoms with Crippen LogP contribution in [-0.2, 0) is 19.2 Å². The van der Waals surface area contributed by atoms with Crippen LogP contribution in [0, 0.1) is 5.92 Å². The molecule has 0 aliphatic carbocycles. The highest BCUT2D eigenvalue weighted by Crippen LogP contribution is 2.05. The van der Waals surface area contributed by atoms with Crippen molar-refractivity contribution in [2.45, 2.75) is 57.7 Å². The Morgan fingerprint density at radius 3 is 2.18 bits per heavy atom. The molecule has 0 saturated heterocycles. The third-order valence-electron chi connectivity index (χ3n) is 3.89. The van der Waals surface area contributed by atoms with E-state index in [0.717, 1.165) is 6.42 Å². The Hall–Kier alpha value is -1.85. The minimum Gasteiger partial charge on any atom is -0.480 e. The highest BCUT2D eigenvalue weighted by molar-refractivity contribution is 7.80. The van der Waals surface area contributed by atoms with Gasteiger partial charge in [0.05, 0.1) is 12.6 Å². The van der Waals surface area contributed by atoms with E-state index in [-0.39, 0.29) is 24.6 Å². The number of carbonyl (C=O) groups is 4. The molecule has 0 fully saturated rings. The fourth-order valence-corrected chi connectivity index (χ4v) is 2.60. The third kappa shape index (κ3) is 11.1. The van der Waals surface area contributed by atoms with Gasteiger partial charge in [0.2, 0.25) is 17.7 Å². The number of carboxylic acids is 1. The molecule has 3 atom stereocenters. The van der Waals surface area contributed by atoms with E-state index < -0.39 is 41.8 Å². The first-order valence-corrected chi connectivity index (χ1v) is 9.92. The van der Waals surface area contributed by atoms with Gasteiger partial charge in [0.15, 0.2) is 0 Å². The minimum atomic E-state index is -1.15. The smallest absolute Gasteiger partial charge is 0.326 e. The Labute approximate surface area is 171 Å². The minimum absolute atomic E-state index is 0.0296. The zero-order chi connectivity index (χ0) is 21.7. The first-order chi connectivity index (χ1) is 13.1. The van der Waals surface area contributed by atoms with Crippen LogP contribution in [0.2, 0.25) is 0 Å². The van der Waals surface area contributed by atoms with E-state index >= 15 is 0 Å². The molecule has 8 N–H and O–H groups in total. The Morgan fingerprint density at radius 2 is 1.68 bits per heavy atom. The number of nitrogens with one attached hydrogen (secondary N) is 3. The number of unbranched alkanes of at least 4 members (excludes halogenated alkanes) is 1. The molecule has 10 nitrogen and oxygen atoms in total. The first kappa shape index (κ1) is 26.1. The maximum Gasteiger partial charge on any atom is 0.326 e. The second kappa shape index (κ2) is 14.2. The molecule has 0 aromatic rings. The topological polar surface area (TPSA) is 177 Å². The summed E-state index contributed by atoms with van der Waals surface area (Å²) in [6.07, 6.45) is 2.18. The van der Waals surface area contributed by atoms with Gasteiger partial charge in [-0.3, -0.25) is 14.4 Å². The molecule has 3 amide bonds. The number of hydrogen-bond donors (Lipinski definition) is 7. The molecule has 11 heteroatoms. The summed E-state index contributed by atoms with van der Waals surface area (Å²) in [6, 6.07) is -2.83. The average molecular weight is 420 g/mol. The Morgan fingerprint density at radius 1 is 1.04 bits per heavy atom. The van der Waals surface area contributed by atoms with Crippen LogP contribution in [-0.4, -0.2) is 65.8 Å². The van der Waals surface area contributed by atoms with Gasteiger partial charge in [0, 0.05) is 5.75 Å². The van der Waals surface area contributed by atoms with Crippen LogP contribution in [0.1, 0.15) is 39.5 Å². The maximum absolute atomic E-state index is 12.2. The highest BCUT2D eigenvalue weighted by Gasteiger charge is 2.26. The van der Waals surface area contributed by atoms with Crippen LogP contribution >= 0.6 is 12.6 Å². The van der Waals surface area contributed by atoms with Gasteiger partial charge in [0.1, 0.15) is 12.1 Å². The van der Waals surface area contributed by atoms with Crippen LogP contribution < -0.4 is 27.4 Å². The second-order valence-electron chi connectivity index (χ2n) is 6.94. The lowest BCUT2D eigenvalue weighted by atomic mass is 10.0. The Kier molecular flexibility index (Phi) is 13.3. The molecule has 0 bridgehead atoms. The summed E-state index contributed by atoms with van der Waals surface area (Å²) in [4.78, 5) is 47.3. The van der Waals surface area contributed by atoms with Gasteiger partial charge in [-0.25, -0.2) is 4.79 Å². The van der Waals surface area contributed by atoms with E-state index in [0.29, 0.717) is 19.4 Å². The highest BCUT2D eigenvalue weighted by atomic mass is 32.1. The lowest BCUT2D eigenvalue weighted by Gasteiger charge is -2.21. The van der Waals surface area contributed by atoms with E-state index in [4.69, 9.17) is 11.5 Å². The quantitative estimate of drug-likeness (QED) is 0.134. The number of carbonyl (C=O) groups excluding carboxylic acids is 3. The van der Waals surface area contributed by atoms with Crippen LogP contribution in [0.25, 0.3) is 0 Å². The number of amides is 3. The van der Waals surface area contributed by atoms with Crippen molar-refractivity contribution < 1.29 is 24.3 Å². The average Bonchev–Trinajstić information content (AvgIpc) is 2.62. The second-order valence-corrected chi connectivity index (χ2v) is 7.31. The normalized spacial score (nSPS) is 14.1. The van der Waals surface area contributed by atoms with Gasteiger partial charge < -0.3 is 32.5 Å². The van der Waals surface area contributed by atoms with Crippen LogP contribution in [0.5, 0.6) is 0 Å². The van der Waals surface area contributed by atoms with Crippen molar-refractivity contribution in [1.29, 1.82) is 0 Å². The maximum atomic E-state index is 12.2. The van der Waals surface area contributed by atoms with E-state index in [1.54, 1.807) is 0 Å². The number of nitrogens with two attached hydrogens (primary N) is 2. The van der Waals surface area contributed by atoms with E-state index in [9.17, 15) is 24.3 Å². The van der Waals surface area contributed by atoms with Crippen molar-refractivity contribution in [3.63, 3.8) is 0 Å². The van der Waals surface area contributed by atoms with E-state index in [1.165, 1.54) is 0 Å². The zero-order valence-electron chi connectivity index (χ0n) is 16.4. The largest absolute Gasteiger partial charge is 0.480 e. The summed E-state index contributed by atoms with van der Waals surface area (Å²) in [5, 5.41) is 16.4. The summed E-state index contributed by atoms with van der Waals surface area (Å²) in [7, 11) is 0. The summed E-state index contributed by atoms with van der Waals surface area (Å²) < 4.78 is 0. The number of hydrogen-bond acceptors (Lipinski definition) is 7. The molecule has 0 saturated carbocycles. The molecule has 0 radical (unpaired) electrons. The zero-order valence-corrected chi connectivity index (χ0v) is 17.3. The number of aliphatic carboxylic acids is 1. The molecule has 0 aliphatic rings. The molecule has 3 unspecified atom stereocenters. The van der Waals surface area contributed by atoms with Crippen LogP contribution in [0.4, 0.5) is 0 Å². The molecule has 0 spiro atoms. The monoisotopic (exact) mass is 419 g/mol. The fraction of sp³-hybridized carbons (Fsp3) is 0.765. The predicted octanol–water partition coefficient (Wildman–Crippen LogP) is -1.41. The molecule has 0 rings (SSSR count). The van der Waals surface area contributed by atoms with Gasteiger partial charge in [-0.15, -0.1) is 0 Å². The van der Waals surface area contributed by atoms with Crippen molar-refractivity contribution in [3.8, 4) is 0 Å². The van der Waals surface area contributed by atoms with Crippen molar-refractivity contribution in [2.24, 2.45) is 17.4 Å². The number of thiol groups is 1. The number of rotatable bonds is 14. The Balaban J connectivity index is 4.51.